The minimum absolute atomic E-state index is 0.629. The molecule has 1 aliphatic heterocycles. The quantitative estimate of drug-likeness (QED) is 0.763. The third-order valence-electron chi connectivity index (χ3n) is 2.19. The van der Waals surface area contributed by atoms with Gasteiger partial charge in [0.05, 0.1) is 0 Å². The van der Waals surface area contributed by atoms with Gasteiger partial charge in [-0.3, -0.25) is 0 Å². The summed E-state index contributed by atoms with van der Waals surface area (Å²) >= 11 is 4.93. The van der Waals surface area contributed by atoms with Crippen LogP contribution in [0.2, 0.25) is 0 Å². The van der Waals surface area contributed by atoms with Crippen LogP contribution in [-0.4, -0.2) is 22.8 Å². The highest BCUT2D eigenvalue weighted by molar-refractivity contribution is 9.11. The van der Waals surface area contributed by atoms with E-state index >= 15 is 0 Å². The van der Waals surface area contributed by atoms with Gasteiger partial charge in [-0.25, -0.2) is 0 Å². The van der Waals surface area contributed by atoms with E-state index in [1.165, 1.54) is 12.8 Å². The van der Waals surface area contributed by atoms with Crippen LogP contribution in [0, 0.1) is 0 Å². The van der Waals surface area contributed by atoms with E-state index in [-0.39, 0.29) is 0 Å². The van der Waals surface area contributed by atoms with E-state index in [9.17, 15) is 0 Å². The Morgan fingerprint density at radius 1 is 1.58 bits per heavy atom. The molecule has 1 unspecified atom stereocenters. The van der Waals surface area contributed by atoms with Crippen LogP contribution in [0.4, 0.5) is 5.13 Å². The molecule has 2 heterocycles. The summed E-state index contributed by atoms with van der Waals surface area (Å²) in [5.41, 5.74) is 0. The van der Waals surface area contributed by atoms with Crippen molar-refractivity contribution in [2.24, 2.45) is 0 Å². The van der Waals surface area contributed by atoms with Crippen LogP contribution in [0.5, 0.6) is 0 Å². The highest BCUT2D eigenvalue weighted by atomic mass is 79.9. The monoisotopic (exact) mass is 247 g/mol. The smallest absolute Gasteiger partial charge is 0.209 e. The van der Waals surface area contributed by atoms with Crippen molar-refractivity contribution in [1.82, 2.24) is 10.2 Å². The Balaban J connectivity index is 2.19. The second-order valence-corrected chi connectivity index (χ2v) is 5.25. The summed E-state index contributed by atoms with van der Waals surface area (Å²) in [7, 11) is 0. The summed E-state index contributed by atoms with van der Waals surface area (Å²) < 4.78 is 0.872. The summed E-state index contributed by atoms with van der Waals surface area (Å²) in [6.45, 7) is 3.37. The minimum Gasteiger partial charge on any atom is -0.344 e. The van der Waals surface area contributed by atoms with Crippen molar-refractivity contribution < 1.29 is 0 Å². The lowest BCUT2D eigenvalue weighted by molar-refractivity contribution is 0.729. The molecule has 1 aliphatic rings. The molecule has 0 spiro atoms. The van der Waals surface area contributed by atoms with Crippen molar-refractivity contribution >= 4 is 32.4 Å². The zero-order valence-electron chi connectivity index (χ0n) is 6.83. The van der Waals surface area contributed by atoms with Crippen LogP contribution >= 0.6 is 27.3 Å². The lowest BCUT2D eigenvalue weighted by Gasteiger charge is -2.18. The topological polar surface area (TPSA) is 29.0 Å². The Hall–Kier alpha value is -0.160. The molecule has 0 aliphatic carbocycles. The molecule has 1 saturated heterocycles. The van der Waals surface area contributed by atoms with Gasteiger partial charge >= 0.3 is 0 Å². The average Bonchev–Trinajstić information content (AvgIpc) is 2.58. The van der Waals surface area contributed by atoms with E-state index in [4.69, 9.17) is 0 Å². The van der Waals surface area contributed by atoms with E-state index in [0.717, 1.165) is 15.6 Å². The fourth-order valence-corrected chi connectivity index (χ4v) is 2.75. The molecule has 1 aromatic rings. The second-order valence-electron chi connectivity index (χ2n) is 3.02. The average molecular weight is 248 g/mol. The molecule has 0 radical (unpaired) electrons. The van der Waals surface area contributed by atoms with Gasteiger partial charge in [-0.05, 0) is 35.7 Å². The molecule has 0 amide bonds. The summed E-state index contributed by atoms with van der Waals surface area (Å²) in [6.07, 6.45) is 2.55. The first kappa shape index (κ1) is 8.44. The number of nitrogens with zero attached hydrogens (tertiary/aromatic N) is 3. The fourth-order valence-electron chi connectivity index (χ4n) is 1.53. The second kappa shape index (κ2) is 3.30. The largest absolute Gasteiger partial charge is 0.344 e. The molecule has 12 heavy (non-hydrogen) atoms. The zero-order chi connectivity index (χ0) is 8.55. The van der Waals surface area contributed by atoms with Crippen LogP contribution in [0.25, 0.3) is 0 Å². The summed E-state index contributed by atoms with van der Waals surface area (Å²) in [5.74, 6) is 0. The summed E-state index contributed by atoms with van der Waals surface area (Å²) in [5, 5.41) is 9.08. The van der Waals surface area contributed by atoms with Crippen LogP contribution in [0.1, 0.15) is 19.8 Å². The SMILES string of the molecule is CC1CCCN1c1nnc(Br)s1. The normalized spacial score (nSPS) is 23.5. The predicted octanol–water partition coefficient (Wildman–Crippen LogP) is 2.29. The number of rotatable bonds is 1. The first-order valence-electron chi connectivity index (χ1n) is 4.03. The standard InChI is InChI=1S/C7H10BrN3S/c1-5-3-2-4-11(5)7-10-9-6(8)12-7/h5H,2-4H2,1H3. The number of aromatic nitrogens is 2. The molecule has 1 atom stereocenters. The first-order chi connectivity index (χ1) is 5.77. The van der Waals surface area contributed by atoms with E-state index in [1.54, 1.807) is 11.3 Å². The van der Waals surface area contributed by atoms with Crippen molar-refractivity contribution in [3.63, 3.8) is 0 Å². The van der Waals surface area contributed by atoms with Crippen molar-refractivity contribution in [2.75, 3.05) is 11.4 Å². The Morgan fingerprint density at radius 2 is 2.42 bits per heavy atom. The maximum atomic E-state index is 4.10. The fraction of sp³-hybridized carbons (Fsp3) is 0.714. The Kier molecular flexibility index (Phi) is 2.32. The van der Waals surface area contributed by atoms with Gasteiger partial charge in [-0.1, -0.05) is 11.3 Å². The Bertz CT molecular complexity index is 275. The van der Waals surface area contributed by atoms with Crippen molar-refractivity contribution in [1.29, 1.82) is 0 Å². The first-order valence-corrected chi connectivity index (χ1v) is 5.64. The number of hydrogen-bond acceptors (Lipinski definition) is 4. The molecular weight excluding hydrogens is 238 g/mol. The maximum absolute atomic E-state index is 4.10. The molecular formula is C7H10BrN3S. The van der Waals surface area contributed by atoms with E-state index in [0.29, 0.717) is 6.04 Å². The van der Waals surface area contributed by atoms with Crippen LogP contribution in [0.3, 0.4) is 0 Å². The van der Waals surface area contributed by atoms with Gasteiger partial charge in [0.1, 0.15) is 0 Å². The summed E-state index contributed by atoms with van der Waals surface area (Å²) in [4.78, 5) is 2.32. The minimum atomic E-state index is 0.629. The highest BCUT2D eigenvalue weighted by Crippen LogP contribution is 2.29. The Morgan fingerprint density at radius 3 is 2.92 bits per heavy atom. The van der Waals surface area contributed by atoms with Gasteiger partial charge < -0.3 is 4.90 Å². The number of halogens is 1. The van der Waals surface area contributed by atoms with Gasteiger partial charge in [0.25, 0.3) is 0 Å². The molecule has 0 bridgehead atoms. The Labute approximate surface area is 83.9 Å². The molecule has 3 nitrogen and oxygen atoms in total. The van der Waals surface area contributed by atoms with Crippen LogP contribution in [0.15, 0.2) is 3.92 Å². The lowest BCUT2D eigenvalue weighted by atomic mass is 10.2. The van der Waals surface area contributed by atoms with Gasteiger partial charge in [0.2, 0.25) is 5.13 Å². The molecule has 5 heteroatoms. The molecule has 66 valence electrons. The van der Waals surface area contributed by atoms with Gasteiger partial charge in [-0.2, -0.15) is 0 Å². The van der Waals surface area contributed by atoms with Crippen molar-refractivity contribution in [3.8, 4) is 0 Å². The van der Waals surface area contributed by atoms with E-state index in [2.05, 4.69) is 38.0 Å². The number of hydrogen-bond donors (Lipinski definition) is 0. The zero-order valence-corrected chi connectivity index (χ0v) is 9.23. The van der Waals surface area contributed by atoms with E-state index < -0.39 is 0 Å². The molecule has 0 N–H and O–H groups in total. The number of anilines is 1. The molecule has 2 rings (SSSR count). The van der Waals surface area contributed by atoms with Crippen LogP contribution < -0.4 is 4.90 Å². The van der Waals surface area contributed by atoms with E-state index in [1.807, 2.05) is 0 Å². The van der Waals surface area contributed by atoms with Gasteiger partial charge in [0, 0.05) is 12.6 Å². The van der Waals surface area contributed by atoms with Crippen LogP contribution in [-0.2, 0) is 0 Å². The van der Waals surface area contributed by atoms with Gasteiger partial charge in [0.15, 0.2) is 3.92 Å². The third kappa shape index (κ3) is 1.47. The third-order valence-corrected chi connectivity index (χ3v) is 3.58. The summed E-state index contributed by atoms with van der Waals surface area (Å²) in [6, 6.07) is 0.629. The molecule has 0 saturated carbocycles. The molecule has 1 aromatic heterocycles. The predicted molar refractivity (Wildman–Crippen MR) is 53.7 cm³/mol. The molecule has 0 aromatic carbocycles. The van der Waals surface area contributed by atoms with Crippen molar-refractivity contribution in [3.05, 3.63) is 3.92 Å². The van der Waals surface area contributed by atoms with Crippen molar-refractivity contribution in [2.45, 2.75) is 25.8 Å². The molecule has 1 fully saturated rings. The highest BCUT2D eigenvalue weighted by Gasteiger charge is 2.23. The van der Waals surface area contributed by atoms with Gasteiger partial charge in [-0.15, -0.1) is 10.2 Å². The maximum Gasteiger partial charge on any atom is 0.209 e. The lowest BCUT2D eigenvalue weighted by Crippen LogP contribution is -2.25.